The van der Waals surface area contributed by atoms with E-state index in [1.165, 1.54) is 6.07 Å². The van der Waals surface area contributed by atoms with E-state index in [9.17, 15) is 4.39 Å². The van der Waals surface area contributed by atoms with Gasteiger partial charge in [-0.3, -0.25) is 0 Å². The third-order valence-corrected chi connectivity index (χ3v) is 2.36. The van der Waals surface area contributed by atoms with Gasteiger partial charge in [-0.1, -0.05) is 36.1 Å². The average Bonchev–Trinajstić information content (AvgIpc) is 2.33. The predicted octanol–water partition coefficient (Wildman–Crippen LogP) is 2.55. The van der Waals surface area contributed by atoms with E-state index in [1.54, 1.807) is 12.1 Å². The fraction of sp³-hybridized carbons (Fsp3) is 0.143. The van der Waals surface area contributed by atoms with Gasteiger partial charge in [-0.05, 0) is 19.2 Å². The van der Waals surface area contributed by atoms with Crippen LogP contribution in [0.3, 0.4) is 0 Å². The van der Waals surface area contributed by atoms with Crippen molar-refractivity contribution in [1.82, 2.24) is 5.32 Å². The lowest BCUT2D eigenvalue weighted by molar-refractivity contribution is 0.640. The molecule has 0 amide bonds. The van der Waals surface area contributed by atoms with Gasteiger partial charge in [-0.25, -0.2) is 4.39 Å². The summed E-state index contributed by atoms with van der Waals surface area (Å²) in [6, 6.07) is 10.6. The second-order valence-corrected chi connectivity index (χ2v) is 3.47. The van der Waals surface area contributed by atoms with Crippen molar-refractivity contribution in [2.45, 2.75) is 0 Å². The van der Waals surface area contributed by atoms with Crippen LogP contribution < -0.4 is 5.32 Å². The summed E-state index contributed by atoms with van der Waals surface area (Å²) < 4.78 is 13.5. The Labute approximate surface area is 94.3 Å². The summed E-state index contributed by atoms with van der Waals surface area (Å²) in [5.74, 6) is 5.82. The Hall–Kier alpha value is -1.85. The van der Waals surface area contributed by atoms with Gasteiger partial charge in [0.15, 0.2) is 0 Å². The Morgan fingerprint density at radius 3 is 2.62 bits per heavy atom. The minimum absolute atomic E-state index is 0.199. The van der Waals surface area contributed by atoms with Gasteiger partial charge in [0.1, 0.15) is 5.82 Å². The van der Waals surface area contributed by atoms with Crippen LogP contribution in [-0.4, -0.2) is 13.6 Å². The lowest BCUT2D eigenvalue weighted by atomic mass is 10.0. The third-order valence-electron chi connectivity index (χ3n) is 2.36. The molecule has 16 heavy (non-hydrogen) atoms. The highest BCUT2D eigenvalue weighted by Gasteiger charge is 2.02. The summed E-state index contributed by atoms with van der Waals surface area (Å²) >= 11 is 0. The molecule has 0 aromatic heterocycles. The molecule has 0 heterocycles. The zero-order chi connectivity index (χ0) is 11.4. The number of hydrogen-bond acceptors (Lipinski definition) is 1. The standard InChI is InChI=1S/C14H12FN/c1-16-10-4-5-11-8-9-14(15)13-7-3-2-6-12(11)13/h2-3,6-9,16H,10H2,1H3. The van der Waals surface area contributed by atoms with Crippen molar-refractivity contribution in [3.63, 3.8) is 0 Å². The molecule has 0 spiro atoms. The van der Waals surface area contributed by atoms with Crippen molar-refractivity contribution < 1.29 is 4.39 Å². The van der Waals surface area contributed by atoms with Gasteiger partial charge in [0, 0.05) is 16.3 Å². The van der Waals surface area contributed by atoms with E-state index in [0.29, 0.717) is 11.9 Å². The highest BCUT2D eigenvalue weighted by Crippen LogP contribution is 2.20. The Bertz CT molecular complexity index is 564. The maximum atomic E-state index is 13.5. The summed E-state index contributed by atoms with van der Waals surface area (Å²) in [5, 5.41) is 4.44. The highest BCUT2D eigenvalue weighted by atomic mass is 19.1. The second-order valence-electron chi connectivity index (χ2n) is 3.47. The SMILES string of the molecule is CNCC#Cc1ccc(F)c2ccccc12. The molecule has 0 aliphatic rings. The van der Waals surface area contributed by atoms with E-state index >= 15 is 0 Å². The molecular weight excluding hydrogens is 201 g/mol. The molecule has 0 unspecified atom stereocenters. The molecule has 0 bridgehead atoms. The van der Waals surface area contributed by atoms with Gasteiger partial charge >= 0.3 is 0 Å². The van der Waals surface area contributed by atoms with Gasteiger partial charge < -0.3 is 5.32 Å². The maximum Gasteiger partial charge on any atom is 0.131 e. The van der Waals surface area contributed by atoms with Crippen molar-refractivity contribution in [3.8, 4) is 11.8 Å². The van der Waals surface area contributed by atoms with E-state index in [2.05, 4.69) is 17.2 Å². The molecule has 0 aliphatic heterocycles. The topological polar surface area (TPSA) is 12.0 Å². The van der Waals surface area contributed by atoms with Crippen molar-refractivity contribution in [1.29, 1.82) is 0 Å². The lowest BCUT2D eigenvalue weighted by Gasteiger charge is -2.01. The summed E-state index contributed by atoms with van der Waals surface area (Å²) in [5.41, 5.74) is 0.868. The molecule has 0 saturated carbocycles. The first-order valence-electron chi connectivity index (χ1n) is 5.13. The molecule has 2 aromatic carbocycles. The quantitative estimate of drug-likeness (QED) is 0.718. The molecule has 0 aliphatic carbocycles. The van der Waals surface area contributed by atoms with Crippen LogP contribution in [0.25, 0.3) is 10.8 Å². The second kappa shape index (κ2) is 4.78. The van der Waals surface area contributed by atoms with E-state index < -0.39 is 0 Å². The number of fused-ring (bicyclic) bond motifs is 1. The number of nitrogens with one attached hydrogen (secondary N) is 1. The van der Waals surface area contributed by atoms with Crippen molar-refractivity contribution in [2.75, 3.05) is 13.6 Å². The molecule has 2 heteroatoms. The molecule has 1 N–H and O–H groups in total. The van der Waals surface area contributed by atoms with Gasteiger partial charge in [-0.2, -0.15) is 0 Å². The molecule has 0 fully saturated rings. The Morgan fingerprint density at radius 2 is 1.88 bits per heavy atom. The number of hydrogen-bond donors (Lipinski definition) is 1. The minimum atomic E-state index is -0.199. The van der Waals surface area contributed by atoms with Crippen molar-refractivity contribution in [2.24, 2.45) is 0 Å². The van der Waals surface area contributed by atoms with Gasteiger partial charge in [0.2, 0.25) is 0 Å². The van der Waals surface area contributed by atoms with E-state index in [4.69, 9.17) is 0 Å². The summed E-state index contributed by atoms with van der Waals surface area (Å²) in [7, 11) is 1.84. The minimum Gasteiger partial charge on any atom is -0.309 e. The molecule has 0 atom stereocenters. The molecule has 0 radical (unpaired) electrons. The normalized spacial score (nSPS) is 9.88. The maximum absolute atomic E-state index is 13.5. The van der Waals surface area contributed by atoms with Crippen LogP contribution in [0.2, 0.25) is 0 Å². The van der Waals surface area contributed by atoms with Crippen LogP contribution in [0.1, 0.15) is 5.56 Å². The lowest BCUT2D eigenvalue weighted by Crippen LogP contribution is -2.04. The Kier molecular flexibility index (Phi) is 3.19. The van der Waals surface area contributed by atoms with E-state index in [-0.39, 0.29) is 5.82 Å². The molecule has 80 valence electrons. The zero-order valence-electron chi connectivity index (χ0n) is 9.05. The number of benzene rings is 2. The zero-order valence-corrected chi connectivity index (χ0v) is 9.05. The Morgan fingerprint density at radius 1 is 1.12 bits per heavy atom. The summed E-state index contributed by atoms with van der Waals surface area (Å²) in [4.78, 5) is 0. The monoisotopic (exact) mass is 213 g/mol. The van der Waals surface area contributed by atoms with E-state index in [0.717, 1.165) is 10.9 Å². The van der Waals surface area contributed by atoms with Crippen LogP contribution in [0.5, 0.6) is 0 Å². The fourth-order valence-corrected chi connectivity index (χ4v) is 1.60. The smallest absolute Gasteiger partial charge is 0.131 e. The van der Waals surface area contributed by atoms with Crippen LogP contribution in [0.4, 0.5) is 4.39 Å². The average molecular weight is 213 g/mol. The van der Waals surface area contributed by atoms with Gasteiger partial charge in [-0.15, -0.1) is 0 Å². The van der Waals surface area contributed by atoms with E-state index in [1.807, 2.05) is 25.2 Å². The molecule has 0 saturated heterocycles. The fourth-order valence-electron chi connectivity index (χ4n) is 1.60. The largest absolute Gasteiger partial charge is 0.309 e. The third kappa shape index (κ3) is 2.05. The first-order valence-corrected chi connectivity index (χ1v) is 5.13. The predicted molar refractivity (Wildman–Crippen MR) is 64.7 cm³/mol. The summed E-state index contributed by atoms with van der Waals surface area (Å²) in [6.45, 7) is 0.631. The van der Waals surface area contributed by atoms with Crippen LogP contribution in [0.15, 0.2) is 36.4 Å². The highest BCUT2D eigenvalue weighted by molar-refractivity contribution is 5.88. The van der Waals surface area contributed by atoms with Crippen LogP contribution in [-0.2, 0) is 0 Å². The number of rotatable bonds is 1. The number of halogens is 1. The van der Waals surface area contributed by atoms with Crippen molar-refractivity contribution >= 4 is 10.8 Å². The first-order chi connectivity index (χ1) is 7.83. The van der Waals surface area contributed by atoms with Gasteiger partial charge in [0.05, 0.1) is 6.54 Å². The van der Waals surface area contributed by atoms with Crippen molar-refractivity contribution in [3.05, 3.63) is 47.8 Å². The first kappa shape index (κ1) is 10.7. The van der Waals surface area contributed by atoms with Crippen LogP contribution >= 0.6 is 0 Å². The molecule has 1 nitrogen and oxygen atoms in total. The Balaban J connectivity index is 2.56. The summed E-state index contributed by atoms with van der Waals surface area (Å²) in [6.07, 6.45) is 0. The van der Waals surface area contributed by atoms with Gasteiger partial charge in [0.25, 0.3) is 0 Å². The molecule has 2 rings (SSSR count). The molecular formula is C14H12FN. The van der Waals surface area contributed by atoms with Crippen LogP contribution in [0, 0.1) is 17.7 Å². The molecule has 2 aromatic rings.